The van der Waals surface area contributed by atoms with Crippen molar-refractivity contribution in [1.29, 1.82) is 0 Å². The van der Waals surface area contributed by atoms with Crippen molar-refractivity contribution in [2.45, 2.75) is 44.9 Å². The molecule has 1 unspecified atom stereocenters. The smallest absolute Gasteiger partial charge is 0.324 e. The molecular formula is C20H20ClF3N2S. The van der Waals surface area contributed by atoms with Gasteiger partial charge in [0.05, 0.1) is 15.8 Å². The van der Waals surface area contributed by atoms with Gasteiger partial charge in [0, 0.05) is 22.8 Å². The number of aryl methyl sites for hydroxylation is 1. The molecule has 0 amide bonds. The summed E-state index contributed by atoms with van der Waals surface area (Å²) >= 11 is 7.66. The van der Waals surface area contributed by atoms with E-state index in [9.17, 15) is 13.2 Å². The van der Waals surface area contributed by atoms with Crippen LogP contribution < -0.4 is 14.8 Å². The van der Waals surface area contributed by atoms with Gasteiger partial charge in [-0.2, -0.15) is 13.2 Å². The highest BCUT2D eigenvalue weighted by Crippen LogP contribution is 2.42. The standard InChI is InChI=1S/C20H20ClF3N2S/c1-12-11-27-17-10-26(16-8-6-15(21)7-9-16)19(25-18(12)17)13-2-4-14(5-3-13)20(22,23)24/h6-11,13-14,19H,2-5H2,1H3. The normalized spacial score (nSPS) is 25.5. The molecule has 1 aromatic heterocycles. The van der Waals surface area contributed by atoms with Gasteiger partial charge in [0.25, 0.3) is 0 Å². The van der Waals surface area contributed by atoms with Gasteiger partial charge >= 0.3 is 6.18 Å². The van der Waals surface area contributed by atoms with Crippen LogP contribution in [0.1, 0.15) is 31.2 Å². The molecule has 2 aromatic rings. The number of hydrogen-bond acceptors (Lipinski definition) is 3. The van der Waals surface area contributed by atoms with Crippen LogP contribution in [0, 0.1) is 18.8 Å². The summed E-state index contributed by atoms with van der Waals surface area (Å²) in [5.74, 6) is -1.08. The highest BCUT2D eigenvalue weighted by atomic mass is 35.5. The summed E-state index contributed by atoms with van der Waals surface area (Å²) in [5, 5.41) is 3.71. The van der Waals surface area contributed by atoms with Gasteiger partial charge in [-0.3, -0.25) is 4.99 Å². The number of fused-ring (bicyclic) bond motifs is 1. The first-order valence-corrected chi connectivity index (χ1v) is 10.3. The van der Waals surface area contributed by atoms with Crippen LogP contribution >= 0.6 is 22.9 Å². The third-order valence-electron chi connectivity index (χ3n) is 5.55. The van der Waals surface area contributed by atoms with E-state index in [0.717, 1.165) is 21.1 Å². The zero-order chi connectivity index (χ0) is 19.2. The van der Waals surface area contributed by atoms with E-state index in [1.807, 2.05) is 31.2 Å². The van der Waals surface area contributed by atoms with Gasteiger partial charge in [-0.15, -0.1) is 11.3 Å². The van der Waals surface area contributed by atoms with Crippen LogP contribution in [0.2, 0.25) is 5.02 Å². The molecule has 1 fully saturated rings. The maximum atomic E-state index is 13.0. The Morgan fingerprint density at radius 3 is 2.41 bits per heavy atom. The van der Waals surface area contributed by atoms with E-state index in [-0.39, 0.29) is 24.9 Å². The Balaban J connectivity index is 1.67. The molecule has 1 saturated carbocycles. The molecular weight excluding hydrogens is 393 g/mol. The number of anilines is 1. The van der Waals surface area contributed by atoms with Crippen LogP contribution in [0.5, 0.6) is 0 Å². The first-order chi connectivity index (χ1) is 12.8. The fourth-order valence-corrected chi connectivity index (χ4v) is 5.07. The SMILES string of the molecule is Cc1csc2c1=NC(C1CCC(C(F)(F)F)CC1)N(c1ccc(Cl)cc1)C=2. The Bertz CT molecular complexity index is 928. The zero-order valence-corrected chi connectivity index (χ0v) is 16.4. The van der Waals surface area contributed by atoms with Crippen LogP contribution in [-0.4, -0.2) is 12.3 Å². The van der Waals surface area contributed by atoms with Gasteiger partial charge in [-0.05, 0) is 67.8 Å². The van der Waals surface area contributed by atoms with E-state index in [4.69, 9.17) is 16.6 Å². The Kier molecular flexibility index (Phi) is 4.97. The molecule has 144 valence electrons. The van der Waals surface area contributed by atoms with Gasteiger partial charge in [0.15, 0.2) is 0 Å². The fourth-order valence-electron chi connectivity index (χ4n) is 4.03. The van der Waals surface area contributed by atoms with Crippen LogP contribution in [-0.2, 0) is 0 Å². The van der Waals surface area contributed by atoms with Crippen molar-refractivity contribution in [3.05, 3.63) is 50.1 Å². The van der Waals surface area contributed by atoms with Gasteiger partial charge in [-0.25, -0.2) is 0 Å². The number of halogens is 4. The van der Waals surface area contributed by atoms with Crippen molar-refractivity contribution in [3.8, 4) is 0 Å². The average molecular weight is 413 g/mol. The van der Waals surface area contributed by atoms with E-state index in [1.54, 1.807) is 11.3 Å². The molecule has 1 aliphatic heterocycles. The predicted molar refractivity (Wildman–Crippen MR) is 104 cm³/mol. The second-order valence-corrected chi connectivity index (χ2v) is 8.69. The highest BCUT2D eigenvalue weighted by molar-refractivity contribution is 7.07. The minimum Gasteiger partial charge on any atom is -0.324 e. The van der Waals surface area contributed by atoms with Gasteiger partial charge < -0.3 is 4.90 Å². The number of hydrogen-bond donors (Lipinski definition) is 0. The second-order valence-electron chi connectivity index (χ2n) is 7.34. The van der Waals surface area contributed by atoms with Gasteiger partial charge in [0.1, 0.15) is 6.17 Å². The largest absolute Gasteiger partial charge is 0.391 e. The van der Waals surface area contributed by atoms with Crippen LogP contribution in [0.25, 0.3) is 6.20 Å². The number of benzene rings is 1. The summed E-state index contributed by atoms with van der Waals surface area (Å²) in [4.78, 5) is 7.09. The predicted octanol–water partition coefficient (Wildman–Crippen LogP) is 5.28. The van der Waals surface area contributed by atoms with E-state index < -0.39 is 12.1 Å². The molecule has 7 heteroatoms. The van der Waals surface area contributed by atoms with Crippen molar-refractivity contribution >= 4 is 34.8 Å². The van der Waals surface area contributed by atoms with Crippen LogP contribution in [0.15, 0.2) is 34.6 Å². The van der Waals surface area contributed by atoms with Crippen molar-refractivity contribution in [2.24, 2.45) is 16.8 Å². The molecule has 0 spiro atoms. The first kappa shape index (κ1) is 18.8. The van der Waals surface area contributed by atoms with Crippen LogP contribution in [0.4, 0.5) is 18.9 Å². The van der Waals surface area contributed by atoms with Crippen molar-refractivity contribution in [1.82, 2.24) is 0 Å². The van der Waals surface area contributed by atoms with E-state index >= 15 is 0 Å². The Morgan fingerprint density at radius 1 is 1.11 bits per heavy atom. The van der Waals surface area contributed by atoms with Crippen molar-refractivity contribution < 1.29 is 13.2 Å². The quantitative estimate of drug-likeness (QED) is 0.655. The maximum Gasteiger partial charge on any atom is 0.391 e. The Hall–Kier alpha value is -1.53. The summed E-state index contributed by atoms with van der Waals surface area (Å²) in [6.45, 7) is 2.03. The fraction of sp³-hybridized carbons (Fsp3) is 0.450. The molecule has 0 N–H and O–H groups in total. The Labute approximate surface area is 165 Å². The molecule has 4 rings (SSSR count). The number of rotatable bonds is 2. The minimum atomic E-state index is -4.09. The number of thiophene rings is 1. The topological polar surface area (TPSA) is 15.6 Å². The summed E-state index contributed by atoms with van der Waals surface area (Å²) < 4.78 is 40.2. The molecule has 2 heterocycles. The lowest BCUT2D eigenvalue weighted by Gasteiger charge is -2.39. The molecule has 27 heavy (non-hydrogen) atoms. The number of alkyl halides is 3. The first-order valence-electron chi connectivity index (χ1n) is 9.07. The molecule has 1 aliphatic carbocycles. The lowest BCUT2D eigenvalue weighted by atomic mass is 9.79. The molecule has 2 nitrogen and oxygen atoms in total. The highest BCUT2D eigenvalue weighted by Gasteiger charge is 2.43. The van der Waals surface area contributed by atoms with E-state index in [0.29, 0.717) is 17.9 Å². The lowest BCUT2D eigenvalue weighted by Crippen LogP contribution is -2.46. The van der Waals surface area contributed by atoms with Crippen LogP contribution in [0.3, 0.4) is 0 Å². The zero-order valence-electron chi connectivity index (χ0n) is 14.8. The number of nitrogens with zero attached hydrogens (tertiary/aromatic N) is 2. The molecule has 0 radical (unpaired) electrons. The molecule has 2 aliphatic rings. The molecule has 1 atom stereocenters. The molecule has 1 aromatic carbocycles. The average Bonchev–Trinajstić information content (AvgIpc) is 3.01. The minimum absolute atomic E-state index is 0.1000. The Morgan fingerprint density at radius 2 is 1.78 bits per heavy atom. The molecule has 0 bridgehead atoms. The summed E-state index contributed by atoms with van der Waals surface area (Å²) in [6.07, 6.45) is -0.740. The van der Waals surface area contributed by atoms with Gasteiger partial charge in [0.2, 0.25) is 0 Å². The third-order valence-corrected chi connectivity index (χ3v) is 6.83. The molecule has 0 saturated heterocycles. The van der Waals surface area contributed by atoms with Gasteiger partial charge in [-0.1, -0.05) is 11.6 Å². The van der Waals surface area contributed by atoms with E-state index in [1.165, 1.54) is 0 Å². The summed E-state index contributed by atoms with van der Waals surface area (Å²) in [5.41, 5.74) is 2.08. The van der Waals surface area contributed by atoms with Crippen molar-refractivity contribution in [2.75, 3.05) is 4.90 Å². The van der Waals surface area contributed by atoms with Crippen molar-refractivity contribution in [3.63, 3.8) is 0 Å². The monoisotopic (exact) mass is 412 g/mol. The summed E-state index contributed by atoms with van der Waals surface area (Å²) in [6, 6.07) is 7.54. The maximum absolute atomic E-state index is 13.0. The second kappa shape index (κ2) is 7.13. The summed E-state index contributed by atoms with van der Waals surface area (Å²) in [7, 11) is 0. The van der Waals surface area contributed by atoms with E-state index in [2.05, 4.69) is 16.5 Å². The lowest BCUT2D eigenvalue weighted by molar-refractivity contribution is -0.184. The third kappa shape index (κ3) is 3.74.